The van der Waals surface area contributed by atoms with Gasteiger partial charge in [-0.05, 0) is 0 Å². The van der Waals surface area contributed by atoms with Gasteiger partial charge in [-0.1, -0.05) is 0 Å². The molecule has 2 N–H and O–H groups in total. The first-order valence-corrected chi connectivity index (χ1v) is 5.00. The van der Waals surface area contributed by atoms with E-state index < -0.39 is 13.0 Å². The third-order valence-corrected chi connectivity index (χ3v) is 2.23. The molecule has 2 aromatic heterocycles. The number of aromatic nitrogens is 4. The number of alkyl halides is 2. The van der Waals surface area contributed by atoms with Gasteiger partial charge in [0, 0.05) is 6.54 Å². The highest BCUT2D eigenvalue weighted by Gasteiger charge is 2.17. The summed E-state index contributed by atoms with van der Waals surface area (Å²) in [6.45, 7) is -0.645. The molecule has 8 heteroatoms. The number of halogens is 2. The van der Waals surface area contributed by atoms with Crippen LogP contribution in [0.2, 0.25) is 0 Å². The van der Waals surface area contributed by atoms with Gasteiger partial charge in [0.05, 0.1) is 19.5 Å². The zero-order valence-corrected chi connectivity index (χ0v) is 8.85. The van der Waals surface area contributed by atoms with E-state index in [-0.39, 0.29) is 13.2 Å². The van der Waals surface area contributed by atoms with Crippen molar-refractivity contribution in [2.24, 2.45) is 0 Å². The Labute approximate surface area is 95.3 Å². The number of imidazole rings is 1. The van der Waals surface area contributed by atoms with Crippen LogP contribution in [0.4, 0.5) is 14.6 Å². The molecule has 0 radical (unpaired) electrons. The Morgan fingerprint density at radius 1 is 1.35 bits per heavy atom. The van der Waals surface area contributed by atoms with Crippen molar-refractivity contribution in [3.63, 3.8) is 0 Å². The maximum Gasteiger partial charge on any atom is 0.255 e. The molecular formula is C9H11F2N5O. The minimum absolute atomic E-state index is 0.0788. The molecular weight excluding hydrogens is 232 g/mol. The Balaban J connectivity index is 2.36. The van der Waals surface area contributed by atoms with Crippen molar-refractivity contribution in [2.45, 2.75) is 6.43 Å². The molecule has 0 bridgehead atoms. The number of hydrogen-bond acceptors (Lipinski definition) is 5. The van der Waals surface area contributed by atoms with Crippen LogP contribution < -0.4 is 4.90 Å². The lowest BCUT2D eigenvalue weighted by Gasteiger charge is -2.22. The molecule has 0 aliphatic heterocycles. The van der Waals surface area contributed by atoms with Gasteiger partial charge in [0.15, 0.2) is 11.5 Å². The van der Waals surface area contributed by atoms with E-state index in [0.29, 0.717) is 17.0 Å². The molecule has 2 rings (SSSR count). The van der Waals surface area contributed by atoms with Crippen molar-refractivity contribution in [3.05, 3.63) is 12.7 Å². The first-order valence-electron chi connectivity index (χ1n) is 5.00. The summed E-state index contributed by atoms with van der Waals surface area (Å²) in [6, 6.07) is 0. The predicted octanol–water partition coefficient (Wildman–Crippen LogP) is 0.417. The third kappa shape index (κ3) is 2.47. The largest absolute Gasteiger partial charge is 0.395 e. The summed E-state index contributed by atoms with van der Waals surface area (Å²) >= 11 is 0. The van der Waals surface area contributed by atoms with Crippen LogP contribution in [0, 0.1) is 0 Å². The van der Waals surface area contributed by atoms with Crippen molar-refractivity contribution in [1.82, 2.24) is 19.9 Å². The molecule has 6 nitrogen and oxygen atoms in total. The van der Waals surface area contributed by atoms with Crippen molar-refractivity contribution in [3.8, 4) is 0 Å². The molecule has 0 fully saturated rings. The Hall–Kier alpha value is -1.83. The van der Waals surface area contributed by atoms with E-state index in [4.69, 9.17) is 5.11 Å². The van der Waals surface area contributed by atoms with Crippen molar-refractivity contribution in [1.29, 1.82) is 0 Å². The minimum Gasteiger partial charge on any atom is -0.395 e. The van der Waals surface area contributed by atoms with E-state index in [0.717, 1.165) is 0 Å². The molecule has 0 amide bonds. The SMILES string of the molecule is OCCN(CC(F)F)c1ncnc2nc[nH]c12. The standard InChI is InChI=1S/C9H11F2N5O/c10-6(11)3-16(1-2-17)9-7-8(13-4-12-7)14-5-15-9/h4-6,17H,1-3H2,(H,12,13,14,15). The molecule has 2 heterocycles. The van der Waals surface area contributed by atoms with Gasteiger partial charge in [0.2, 0.25) is 0 Å². The summed E-state index contributed by atoms with van der Waals surface area (Å²) in [5.74, 6) is 0.321. The molecule has 17 heavy (non-hydrogen) atoms. The Kier molecular flexibility index (Phi) is 3.43. The van der Waals surface area contributed by atoms with Gasteiger partial charge in [0.1, 0.15) is 11.8 Å². The first-order chi connectivity index (χ1) is 8.22. The lowest BCUT2D eigenvalue weighted by molar-refractivity contribution is 0.152. The molecule has 0 aliphatic rings. The highest BCUT2D eigenvalue weighted by molar-refractivity contribution is 5.82. The molecule has 92 valence electrons. The Bertz CT molecular complexity index is 489. The smallest absolute Gasteiger partial charge is 0.255 e. The van der Waals surface area contributed by atoms with Crippen LogP contribution in [0.25, 0.3) is 11.2 Å². The number of aliphatic hydroxyl groups excluding tert-OH is 1. The number of anilines is 1. The van der Waals surface area contributed by atoms with Crippen LogP contribution in [0.5, 0.6) is 0 Å². The minimum atomic E-state index is -2.51. The second kappa shape index (κ2) is 5.00. The van der Waals surface area contributed by atoms with Crippen LogP contribution >= 0.6 is 0 Å². The third-order valence-electron chi connectivity index (χ3n) is 2.23. The topological polar surface area (TPSA) is 77.9 Å². The zero-order chi connectivity index (χ0) is 12.3. The van der Waals surface area contributed by atoms with E-state index in [1.54, 1.807) is 0 Å². The summed E-state index contributed by atoms with van der Waals surface area (Å²) < 4.78 is 24.9. The van der Waals surface area contributed by atoms with Gasteiger partial charge in [-0.25, -0.2) is 23.7 Å². The van der Waals surface area contributed by atoms with E-state index in [1.807, 2.05) is 0 Å². The lowest BCUT2D eigenvalue weighted by Crippen LogP contribution is -2.32. The van der Waals surface area contributed by atoms with Crippen molar-refractivity contribution in [2.75, 3.05) is 24.6 Å². The van der Waals surface area contributed by atoms with Gasteiger partial charge < -0.3 is 15.0 Å². The zero-order valence-electron chi connectivity index (χ0n) is 8.85. The monoisotopic (exact) mass is 243 g/mol. The molecule has 0 saturated carbocycles. The average Bonchev–Trinajstić information content (AvgIpc) is 2.75. The molecule has 0 aromatic carbocycles. The molecule has 2 aromatic rings. The lowest BCUT2D eigenvalue weighted by atomic mass is 10.4. The van der Waals surface area contributed by atoms with Gasteiger partial charge in [-0.2, -0.15) is 0 Å². The van der Waals surface area contributed by atoms with Gasteiger partial charge >= 0.3 is 0 Å². The first kappa shape index (κ1) is 11.6. The fourth-order valence-electron chi connectivity index (χ4n) is 1.56. The number of fused-ring (bicyclic) bond motifs is 1. The van der Waals surface area contributed by atoms with Gasteiger partial charge in [-0.3, -0.25) is 0 Å². The molecule has 0 unspecified atom stereocenters. The molecule has 0 aliphatic carbocycles. The van der Waals surface area contributed by atoms with E-state index in [1.165, 1.54) is 17.6 Å². The summed E-state index contributed by atoms with van der Waals surface area (Å²) in [6.07, 6.45) is 0.172. The van der Waals surface area contributed by atoms with Crippen LogP contribution in [-0.2, 0) is 0 Å². The van der Waals surface area contributed by atoms with Crippen molar-refractivity contribution >= 4 is 17.0 Å². The molecule has 0 atom stereocenters. The van der Waals surface area contributed by atoms with Gasteiger partial charge in [-0.15, -0.1) is 0 Å². The predicted molar refractivity (Wildman–Crippen MR) is 57.0 cm³/mol. The van der Waals surface area contributed by atoms with E-state index in [9.17, 15) is 8.78 Å². The number of hydrogen-bond donors (Lipinski definition) is 2. The second-order valence-corrected chi connectivity index (χ2v) is 3.36. The van der Waals surface area contributed by atoms with E-state index >= 15 is 0 Å². The fraction of sp³-hybridized carbons (Fsp3) is 0.444. The fourth-order valence-corrected chi connectivity index (χ4v) is 1.56. The number of aromatic amines is 1. The number of aliphatic hydroxyl groups is 1. The molecule has 0 spiro atoms. The number of H-pyrrole nitrogens is 1. The van der Waals surface area contributed by atoms with Crippen LogP contribution in [-0.4, -0.2) is 51.2 Å². The average molecular weight is 243 g/mol. The quantitative estimate of drug-likeness (QED) is 0.795. The Morgan fingerprint density at radius 2 is 2.18 bits per heavy atom. The Morgan fingerprint density at radius 3 is 2.88 bits per heavy atom. The van der Waals surface area contributed by atoms with Crippen LogP contribution in [0.1, 0.15) is 0 Å². The van der Waals surface area contributed by atoms with Crippen molar-refractivity contribution < 1.29 is 13.9 Å². The van der Waals surface area contributed by atoms with E-state index in [2.05, 4.69) is 19.9 Å². The van der Waals surface area contributed by atoms with Crippen LogP contribution in [0.15, 0.2) is 12.7 Å². The summed E-state index contributed by atoms with van der Waals surface area (Å²) in [5.41, 5.74) is 0.897. The number of nitrogens with one attached hydrogen (secondary N) is 1. The summed E-state index contributed by atoms with van der Waals surface area (Å²) in [4.78, 5) is 15.9. The highest BCUT2D eigenvalue weighted by Crippen LogP contribution is 2.19. The number of nitrogens with zero attached hydrogens (tertiary/aromatic N) is 4. The van der Waals surface area contributed by atoms with Crippen LogP contribution in [0.3, 0.4) is 0 Å². The number of rotatable bonds is 5. The van der Waals surface area contributed by atoms with Gasteiger partial charge in [0.25, 0.3) is 6.43 Å². The maximum atomic E-state index is 12.4. The summed E-state index contributed by atoms with van der Waals surface area (Å²) in [5, 5.41) is 8.88. The summed E-state index contributed by atoms with van der Waals surface area (Å²) in [7, 11) is 0. The normalized spacial score (nSPS) is 11.3. The highest BCUT2D eigenvalue weighted by atomic mass is 19.3. The molecule has 0 saturated heterocycles. The second-order valence-electron chi connectivity index (χ2n) is 3.36. The maximum absolute atomic E-state index is 12.4.